The number of carbonyl (C=O) groups is 2. The van der Waals surface area contributed by atoms with Crippen molar-refractivity contribution in [3.05, 3.63) is 34.6 Å². The monoisotopic (exact) mass is 1000 g/mol. The molecule has 4 aliphatic rings. The second-order valence-corrected chi connectivity index (χ2v) is 35.9. The number of rotatable bonds is 15. The summed E-state index contributed by atoms with van der Waals surface area (Å²) in [5, 5.41) is 2.64. The molecule has 3 aliphatic heterocycles. The average Bonchev–Trinajstić information content (AvgIpc) is 3.72. The fourth-order valence-corrected chi connectivity index (χ4v) is 15.4. The highest BCUT2D eigenvalue weighted by Crippen LogP contribution is 2.50. The maximum absolute atomic E-state index is 14.2. The van der Waals surface area contributed by atoms with Crippen molar-refractivity contribution in [2.45, 2.75) is 211 Å². The van der Waals surface area contributed by atoms with Crippen LogP contribution in [0.25, 0.3) is 0 Å². The van der Waals surface area contributed by atoms with Crippen LogP contribution in [-0.2, 0) is 42.1 Å². The van der Waals surface area contributed by atoms with E-state index in [4.69, 9.17) is 53.6 Å². The molecule has 6 atom stereocenters. The van der Waals surface area contributed by atoms with E-state index in [-0.39, 0.29) is 54.5 Å². The van der Waals surface area contributed by atoms with E-state index in [1.54, 1.807) is 32.9 Å². The minimum atomic E-state index is -2.59. The van der Waals surface area contributed by atoms with E-state index in [0.29, 0.717) is 5.57 Å². The zero-order chi connectivity index (χ0) is 50.3. The molecular formula is C50H81ClN2O11Si3. The fraction of sp³-hybridized carbons (Fsp3) is 0.740. The molecule has 1 aromatic rings. The smallest absolute Gasteiger partial charge is 0.408 e. The quantitative estimate of drug-likeness (QED) is 0.0587. The van der Waals surface area contributed by atoms with Crippen molar-refractivity contribution in [3.63, 3.8) is 0 Å². The van der Waals surface area contributed by atoms with Crippen LogP contribution in [0.1, 0.15) is 122 Å². The van der Waals surface area contributed by atoms with Gasteiger partial charge in [-0.1, -0.05) is 85.8 Å². The van der Waals surface area contributed by atoms with Gasteiger partial charge in [-0.15, -0.1) is 11.5 Å². The van der Waals surface area contributed by atoms with Crippen molar-refractivity contribution in [2.75, 3.05) is 27.1 Å². The van der Waals surface area contributed by atoms with Crippen molar-refractivity contribution in [1.82, 2.24) is 10.3 Å². The van der Waals surface area contributed by atoms with Crippen molar-refractivity contribution in [3.8, 4) is 29.1 Å². The van der Waals surface area contributed by atoms with Gasteiger partial charge in [0.2, 0.25) is 0 Å². The molecule has 1 amide bonds. The third kappa shape index (κ3) is 13.8. The number of nitrogens with zero attached hydrogens (tertiary/aromatic N) is 1. The van der Waals surface area contributed by atoms with Crippen LogP contribution in [0.5, 0.6) is 5.75 Å². The third-order valence-electron chi connectivity index (χ3n) is 14.1. The molecule has 1 N–H and O–H groups in total. The number of aromatic nitrogens is 1. The van der Waals surface area contributed by atoms with E-state index in [0.717, 1.165) is 36.3 Å². The second kappa shape index (κ2) is 22.6. The number of alkyl carbamates (subject to hydrolysis) is 1. The predicted molar refractivity (Wildman–Crippen MR) is 270 cm³/mol. The Morgan fingerprint density at radius 1 is 1.00 bits per heavy atom. The highest BCUT2D eigenvalue weighted by Gasteiger charge is 2.62. The second-order valence-electron chi connectivity index (χ2n) is 21.1. The van der Waals surface area contributed by atoms with E-state index in [9.17, 15) is 9.59 Å². The number of halogens is 1. The van der Waals surface area contributed by atoms with Gasteiger partial charge in [0, 0.05) is 12.7 Å². The minimum Gasteiger partial charge on any atom is -0.480 e. The van der Waals surface area contributed by atoms with Gasteiger partial charge >= 0.3 is 12.1 Å². The molecular weight excluding hydrogens is 924 g/mol. The number of methoxy groups -OCH3 is 1. The Bertz CT molecular complexity index is 2020. The number of pyridine rings is 1. The summed E-state index contributed by atoms with van der Waals surface area (Å²) in [5.74, 6) is 9.50. The van der Waals surface area contributed by atoms with Gasteiger partial charge in [-0.05, 0) is 107 Å². The maximum atomic E-state index is 14.2. The maximum Gasteiger partial charge on any atom is 0.408 e. The molecule has 0 saturated carbocycles. The molecule has 67 heavy (non-hydrogen) atoms. The Labute approximate surface area is 410 Å². The van der Waals surface area contributed by atoms with Crippen LogP contribution in [0.2, 0.25) is 59.5 Å². The number of hydrogen-bond acceptors (Lipinski definition) is 12. The zero-order valence-electron chi connectivity index (χ0n) is 43.6. The van der Waals surface area contributed by atoms with E-state index in [1.807, 2.05) is 19.9 Å². The van der Waals surface area contributed by atoms with Crippen LogP contribution < -0.4 is 10.1 Å². The lowest BCUT2D eigenvalue weighted by molar-refractivity contribution is -0.173. The topological polar surface area (TPSA) is 142 Å². The number of fused-ring (bicyclic) bond motifs is 9. The van der Waals surface area contributed by atoms with Gasteiger partial charge < -0.3 is 47.3 Å². The Morgan fingerprint density at radius 3 is 2.16 bits per heavy atom. The molecule has 17 heteroatoms. The summed E-state index contributed by atoms with van der Waals surface area (Å²) in [6.07, 6.45) is -1.48. The van der Waals surface area contributed by atoms with E-state index < -0.39 is 83.7 Å². The summed E-state index contributed by atoms with van der Waals surface area (Å²) in [7, 11) is -5.60. The number of hydrogen-bond donors (Lipinski definition) is 1. The van der Waals surface area contributed by atoms with Crippen molar-refractivity contribution >= 4 is 48.4 Å². The predicted octanol–water partition coefficient (Wildman–Crippen LogP) is 11.0. The summed E-state index contributed by atoms with van der Waals surface area (Å²) in [4.78, 5) is 32.2. The lowest BCUT2D eigenvalue weighted by Crippen LogP contribution is -2.57. The highest BCUT2D eigenvalue weighted by molar-refractivity contribution is 6.87. The molecule has 13 nitrogen and oxygen atoms in total. The zero-order valence-corrected chi connectivity index (χ0v) is 47.4. The van der Waals surface area contributed by atoms with Crippen LogP contribution in [0.3, 0.4) is 0 Å². The molecule has 4 heterocycles. The fourth-order valence-electron chi connectivity index (χ4n) is 8.44. The lowest BCUT2D eigenvalue weighted by atomic mass is 9.90. The number of nitrogens with one attached hydrogen (secondary N) is 1. The molecule has 376 valence electrons. The van der Waals surface area contributed by atoms with Crippen molar-refractivity contribution in [2.24, 2.45) is 0 Å². The highest BCUT2D eigenvalue weighted by atomic mass is 35.5. The Hall–Kier alpha value is -2.75. The molecule has 0 unspecified atom stereocenters. The molecule has 0 aromatic carbocycles. The van der Waals surface area contributed by atoms with Gasteiger partial charge in [-0.3, -0.25) is 4.79 Å². The van der Waals surface area contributed by atoms with Crippen LogP contribution >= 0.6 is 11.6 Å². The SMILES string of the molecule is CC[Si](C#CC[C@]1(O[Si](CC)(CC)CC)C#CC2=C[C@H](Oc3ccc(nc3Cl)[C@@H](NC(=O)OC(C)(C)C)CC(=O)OC[C@H]1OCOC)[C@@H](O[Si](C)(C)C(C)(C)C)[C@]21COC(C)(C)O1)(CC)CC. The van der Waals surface area contributed by atoms with Gasteiger partial charge in [0.25, 0.3) is 0 Å². The molecule has 1 saturated heterocycles. The van der Waals surface area contributed by atoms with Crippen molar-refractivity contribution in [1.29, 1.82) is 0 Å². The normalized spacial score (nSPS) is 25.8. The Kier molecular flexibility index (Phi) is 19.1. The summed E-state index contributed by atoms with van der Waals surface area (Å²) in [5.41, 5.74) is 1.16. The summed E-state index contributed by atoms with van der Waals surface area (Å²) in [6.45, 7) is 32.8. The largest absolute Gasteiger partial charge is 0.480 e. The van der Waals surface area contributed by atoms with Crippen molar-refractivity contribution < 1.29 is 51.6 Å². The summed E-state index contributed by atoms with van der Waals surface area (Å²) < 4.78 is 59.4. The summed E-state index contributed by atoms with van der Waals surface area (Å²) in [6, 6.07) is 7.72. The Balaban J connectivity index is 2.13. The molecule has 1 aromatic heterocycles. The van der Waals surface area contributed by atoms with E-state index in [1.165, 1.54) is 7.11 Å². The molecule has 1 spiro atoms. The molecule has 5 rings (SSSR count). The molecule has 0 radical (unpaired) electrons. The third-order valence-corrected chi connectivity index (χ3v) is 28.3. The molecule has 4 bridgehead atoms. The van der Waals surface area contributed by atoms with Crippen LogP contribution in [0, 0.1) is 23.3 Å². The summed E-state index contributed by atoms with van der Waals surface area (Å²) >= 11 is 6.99. The molecule has 1 fully saturated rings. The van der Waals surface area contributed by atoms with Crippen LogP contribution in [0.15, 0.2) is 23.8 Å². The van der Waals surface area contributed by atoms with Gasteiger partial charge in [0.15, 0.2) is 44.5 Å². The average molecular weight is 1010 g/mol. The van der Waals surface area contributed by atoms with E-state index >= 15 is 0 Å². The van der Waals surface area contributed by atoms with Gasteiger partial charge in [-0.2, -0.15) is 0 Å². The first-order chi connectivity index (χ1) is 31.2. The first-order valence-electron chi connectivity index (χ1n) is 24.2. The lowest BCUT2D eigenvalue weighted by Gasteiger charge is -2.44. The standard InChI is InChI=1S/C50H81ClN2O11Si3/c1-18-66(19-2,20-3)30-24-28-49(64-67(21-4,22-5)23-6)29-27-36-31-40(43(62-65(16,17)47(10,11)12)50(36)34-59-48(13,14)63-50)60-39-26-25-37(52-44(39)51)38(53-45(55)61-46(7,8)9)32-42(54)57-33-41(49)58-35-56-15/h25-26,31,38,40-41,43H,18-23,28,32-35H2,1-17H3,(H,53,55)/t38-,40-,41+,43+,49-,50-/m0/s1. The van der Waals surface area contributed by atoms with Gasteiger partial charge in [0.05, 0.1) is 31.2 Å². The minimum absolute atomic E-state index is 0.00744. The number of carbonyl (C=O) groups excluding carboxylic acids is 2. The first kappa shape index (κ1) is 56.8. The molecule has 1 aliphatic carbocycles. The van der Waals surface area contributed by atoms with Gasteiger partial charge in [-0.25, -0.2) is 9.78 Å². The van der Waals surface area contributed by atoms with Crippen LogP contribution in [-0.4, -0.2) is 110 Å². The van der Waals surface area contributed by atoms with Crippen LogP contribution in [0.4, 0.5) is 4.79 Å². The number of ether oxygens (including phenoxy) is 7. The van der Waals surface area contributed by atoms with E-state index in [2.05, 4.69) is 109 Å². The first-order valence-corrected chi connectivity index (χ1v) is 32.7. The Morgan fingerprint density at radius 2 is 1.64 bits per heavy atom. The number of amides is 1. The number of esters is 1. The van der Waals surface area contributed by atoms with Gasteiger partial charge in [0.1, 0.15) is 45.4 Å².